The first-order valence-electron chi connectivity index (χ1n) is 4.57. The van der Waals surface area contributed by atoms with E-state index in [9.17, 15) is 14.3 Å². The minimum absolute atomic E-state index is 0.130. The molecule has 1 atom stereocenters. The van der Waals surface area contributed by atoms with E-state index in [-0.39, 0.29) is 18.4 Å². The molecule has 1 aromatic carbocycles. The van der Waals surface area contributed by atoms with Crippen LogP contribution in [0.1, 0.15) is 24.4 Å². The highest BCUT2D eigenvalue weighted by Gasteiger charge is 2.16. The highest BCUT2D eigenvalue weighted by molar-refractivity contribution is 9.10. The van der Waals surface area contributed by atoms with Crippen molar-refractivity contribution in [3.63, 3.8) is 0 Å². The van der Waals surface area contributed by atoms with Crippen LogP contribution in [-0.2, 0) is 4.79 Å². The number of hydrogen-bond donors (Lipinski definition) is 3. The van der Waals surface area contributed by atoms with E-state index in [0.29, 0.717) is 4.47 Å². The second kappa shape index (κ2) is 5.27. The van der Waals surface area contributed by atoms with Crippen molar-refractivity contribution in [3.05, 3.63) is 28.0 Å². The zero-order valence-electron chi connectivity index (χ0n) is 8.28. The van der Waals surface area contributed by atoms with Gasteiger partial charge in [-0.15, -0.1) is 0 Å². The third kappa shape index (κ3) is 3.18. The quantitative estimate of drug-likeness (QED) is 0.794. The van der Waals surface area contributed by atoms with E-state index >= 15 is 0 Å². The van der Waals surface area contributed by atoms with Crippen molar-refractivity contribution in [3.8, 4) is 5.75 Å². The molecular formula is C10H11BrFNO3. The summed E-state index contributed by atoms with van der Waals surface area (Å²) in [6, 6.07) is 1.89. The average molecular weight is 292 g/mol. The van der Waals surface area contributed by atoms with Gasteiger partial charge in [0.05, 0.1) is 0 Å². The largest absolute Gasteiger partial charge is 0.505 e. The Kier molecular flexibility index (Phi) is 4.26. The summed E-state index contributed by atoms with van der Waals surface area (Å²) in [4.78, 5) is 10.4. The van der Waals surface area contributed by atoms with Crippen molar-refractivity contribution in [1.82, 2.24) is 0 Å². The molecule has 88 valence electrons. The molecule has 0 saturated carbocycles. The topological polar surface area (TPSA) is 83.6 Å². The Labute approximate surface area is 100 Å². The van der Waals surface area contributed by atoms with E-state index in [0.717, 1.165) is 6.07 Å². The smallest absolute Gasteiger partial charge is 0.303 e. The zero-order valence-corrected chi connectivity index (χ0v) is 9.87. The molecule has 0 aliphatic rings. The summed E-state index contributed by atoms with van der Waals surface area (Å²) < 4.78 is 13.6. The van der Waals surface area contributed by atoms with Gasteiger partial charge in [-0.25, -0.2) is 4.39 Å². The van der Waals surface area contributed by atoms with Crippen LogP contribution in [-0.4, -0.2) is 16.2 Å². The van der Waals surface area contributed by atoms with Gasteiger partial charge in [0.15, 0.2) is 11.6 Å². The molecule has 0 spiro atoms. The zero-order chi connectivity index (χ0) is 12.3. The maximum Gasteiger partial charge on any atom is 0.303 e. The Balaban J connectivity index is 2.90. The standard InChI is InChI=1S/C10H11BrFNO3/c11-5-3-6(10(16)7(12)4-5)8(13)1-2-9(14)15/h3-4,8,16H,1-2,13H2,(H,14,15). The van der Waals surface area contributed by atoms with Gasteiger partial charge in [-0.2, -0.15) is 0 Å². The lowest BCUT2D eigenvalue weighted by molar-refractivity contribution is -0.137. The van der Waals surface area contributed by atoms with E-state index in [4.69, 9.17) is 10.8 Å². The number of carbonyl (C=O) groups is 1. The molecule has 16 heavy (non-hydrogen) atoms. The number of carboxylic acids is 1. The normalized spacial score (nSPS) is 12.4. The Hall–Kier alpha value is -1.14. The summed E-state index contributed by atoms with van der Waals surface area (Å²) in [6.45, 7) is 0. The average Bonchev–Trinajstić information content (AvgIpc) is 2.19. The molecule has 0 radical (unpaired) electrons. The molecule has 1 aromatic rings. The van der Waals surface area contributed by atoms with Crippen molar-refractivity contribution in [1.29, 1.82) is 0 Å². The third-order valence-corrected chi connectivity index (χ3v) is 2.58. The Morgan fingerprint density at radius 2 is 2.19 bits per heavy atom. The lowest BCUT2D eigenvalue weighted by Gasteiger charge is -2.13. The molecule has 0 heterocycles. The first kappa shape index (κ1) is 12.9. The molecule has 1 rings (SSSR count). The van der Waals surface area contributed by atoms with Gasteiger partial charge >= 0.3 is 5.97 Å². The van der Waals surface area contributed by atoms with Crippen molar-refractivity contribution >= 4 is 21.9 Å². The summed E-state index contributed by atoms with van der Waals surface area (Å²) in [5.74, 6) is -2.29. The SMILES string of the molecule is NC(CCC(=O)O)c1cc(Br)cc(F)c1O. The fourth-order valence-corrected chi connectivity index (χ4v) is 1.75. The maximum absolute atomic E-state index is 13.1. The summed E-state index contributed by atoms with van der Waals surface area (Å²) in [6.07, 6.45) is 0.00747. The predicted octanol–water partition coefficient (Wildman–Crippen LogP) is 2.16. The van der Waals surface area contributed by atoms with Gasteiger partial charge in [-0.3, -0.25) is 4.79 Å². The molecule has 0 aliphatic carbocycles. The third-order valence-electron chi connectivity index (χ3n) is 2.13. The van der Waals surface area contributed by atoms with Crippen LogP contribution in [0.4, 0.5) is 4.39 Å². The van der Waals surface area contributed by atoms with Gasteiger partial charge in [0.2, 0.25) is 0 Å². The summed E-state index contributed by atoms with van der Waals surface area (Å²) in [7, 11) is 0. The van der Waals surface area contributed by atoms with Crippen LogP contribution in [0.25, 0.3) is 0 Å². The highest BCUT2D eigenvalue weighted by atomic mass is 79.9. The molecule has 0 fully saturated rings. The molecule has 0 bridgehead atoms. The Morgan fingerprint density at radius 1 is 1.56 bits per heavy atom. The van der Waals surface area contributed by atoms with Crippen molar-refractivity contribution < 1.29 is 19.4 Å². The minimum atomic E-state index is -0.981. The molecule has 0 aliphatic heterocycles. The van der Waals surface area contributed by atoms with Crippen LogP contribution in [0.5, 0.6) is 5.75 Å². The first-order chi connectivity index (χ1) is 7.41. The van der Waals surface area contributed by atoms with Gasteiger partial charge in [0.1, 0.15) is 0 Å². The van der Waals surface area contributed by atoms with Crippen LogP contribution >= 0.6 is 15.9 Å². The molecule has 0 amide bonds. The number of phenolic OH excluding ortho intramolecular Hbond substituents is 1. The van der Waals surface area contributed by atoms with E-state index in [2.05, 4.69) is 15.9 Å². The molecule has 0 saturated heterocycles. The van der Waals surface area contributed by atoms with E-state index < -0.39 is 23.6 Å². The summed E-state index contributed by atoms with van der Waals surface area (Å²) in [5, 5.41) is 17.9. The second-order valence-electron chi connectivity index (χ2n) is 3.36. The number of halogens is 2. The van der Waals surface area contributed by atoms with Crippen molar-refractivity contribution in [2.45, 2.75) is 18.9 Å². The fraction of sp³-hybridized carbons (Fsp3) is 0.300. The number of hydrogen-bond acceptors (Lipinski definition) is 3. The summed E-state index contributed by atoms with van der Waals surface area (Å²) >= 11 is 3.07. The van der Waals surface area contributed by atoms with Gasteiger partial charge < -0.3 is 15.9 Å². The Morgan fingerprint density at radius 3 is 2.75 bits per heavy atom. The molecule has 6 heteroatoms. The van der Waals surface area contributed by atoms with E-state index in [1.807, 2.05) is 0 Å². The number of aromatic hydroxyl groups is 1. The lowest BCUT2D eigenvalue weighted by atomic mass is 10.0. The van der Waals surface area contributed by atoms with E-state index in [1.165, 1.54) is 6.07 Å². The highest BCUT2D eigenvalue weighted by Crippen LogP contribution is 2.31. The van der Waals surface area contributed by atoms with Gasteiger partial charge in [0, 0.05) is 22.5 Å². The molecular weight excluding hydrogens is 281 g/mol. The van der Waals surface area contributed by atoms with Crippen LogP contribution in [0, 0.1) is 5.82 Å². The minimum Gasteiger partial charge on any atom is -0.505 e. The number of carboxylic acid groups (broad SMARTS) is 1. The van der Waals surface area contributed by atoms with E-state index in [1.54, 1.807) is 0 Å². The van der Waals surface area contributed by atoms with Crippen LogP contribution in [0.2, 0.25) is 0 Å². The Bertz CT molecular complexity index is 411. The van der Waals surface area contributed by atoms with Crippen molar-refractivity contribution in [2.24, 2.45) is 5.73 Å². The monoisotopic (exact) mass is 291 g/mol. The molecule has 1 unspecified atom stereocenters. The van der Waals surface area contributed by atoms with Crippen LogP contribution in [0.15, 0.2) is 16.6 Å². The maximum atomic E-state index is 13.1. The number of aliphatic carboxylic acids is 1. The van der Waals surface area contributed by atoms with Gasteiger partial charge in [-0.1, -0.05) is 15.9 Å². The first-order valence-corrected chi connectivity index (χ1v) is 5.36. The fourth-order valence-electron chi connectivity index (χ4n) is 1.30. The number of nitrogens with two attached hydrogens (primary N) is 1. The lowest BCUT2D eigenvalue weighted by Crippen LogP contribution is -2.13. The molecule has 0 aromatic heterocycles. The number of benzene rings is 1. The number of phenols is 1. The molecule has 4 nitrogen and oxygen atoms in total. The molecule has 4 N–H and O–H groups in total. The van der Waals surface area contributed by atoms with Crippen molar-refractivity contribution in [2.75, 3.05) is 0 Å². The predicted molar refractivity (Wildman–Crippen MR) is 59.6 cm³/mol. The second-order valence-corrected chi connectivity index (χ2v) is 4.28. The van der Waals surface area contributed by atoms with Gasteiger partial charge in [0.25, 0.3) is 0 Å². The van der Waals surface area contributed by atoms with Crippen LogP contribution in [0.3, 0.4) is 0 Å². The van der Waals surface area contributed by atoms with Crippen LogP contribution < -0.4 is 5.73 Å². The van der Waals surface area contributed by atoms with Gasteiger partial charge in [-0.05, 0) is 18.6 Å². The summed E-state index contributed by atoms with van der Waals surface area (Å²) in [5.41, 5.74) is 5.87. The number of rotatable bonds is 4.